The van der Waals surface area contributed by atoms with Crippen LogP contribution in [0.2, 0.25) is 0 Å². The first kappa shape index (κ1) is 22.9. The lowest BCUT2D eigenvalue weighted by atomic mass is 9.87. The fourth-order valence-corrected chi connectivity index (χ4v) is 3.86. The van der Waals surface area contributed by atoms with Crippen LogP contribution in [0.15, 0.2) is 24.3 Å². The lowest BCUT2D eigenvalue weighted by Crippen LogP contribution is -2.55. The van der Waals surface area contributed by atoms with Crippen molar-refractivity contribution in [3.8, 4) is 0 Å². The van der Waals surface area contributed by atoms with E-state index in [0.29, 0.717) is 44.6 Å². The Balaban J connectivity index is 2.15. The third-order valence-corrected chi connectivity index (χ3v) is 5.76. The van der Waals surface area contributed by atoms with Crippen LogP contribution >= 0.6 is 0 Å². The summed E-state index contributed by atoms with van der Waals surface area (Å²) in [4.78, 5) is 41.9. The fraction of sp³-hybridized carbons (Fsp3) is 0.609. The molecule has 0 unspecified atom stereocenters. The predicted octanol–water partition coefficient (Wildman–Crippen LogP) is 2.86. The minimum Gasteiger partial charge on any atom is -0.342 e. The molecule has 1 heterocycles. The number of carbonyl (C=O) groups excluding carboxylic acids is 3. The van der Waals surface area contributed by atoms with Gasteiger partial charge in [0.05, 0.1) is 0 Å². The Morgan fingerprint density at radius 2 is 1.62 bits per heavy atom. The Morgan fingerprint density at radius 1 is 1.07 bits per heavy atom. The van der Waals surface area contributed by atoms with Crippen LogP contribution in [0, 0.1) is 18.8 Å². The topological polar surface area (TPSA) is 69.7 Å². The zero-order chi connectivity index (χ0) is 21.6. The molecule has 0 bridgehead atoms. The molecule has 0 spiro atoms. The first-order chi connectivity index (χ1) is 13.8. The van der Waals surface area contributed by atoms with Gasteiger partial charge in [-0.15, -0.1) is 0 Å². The third kappa shape index (κ3) is 5.81. The number of rotatable bonds is 7. The van der Waals surface area contributed by atoms with E-state index in [1.54, 1.807) is 17.0 Å². The van der Waals surface area contributed by atoms with Gasteiger partial charge in [-0.25, -0.2) is 0 Å². The summed E-state index contributed by atoms with van der Waals surface area (Å²) in [6.45, 7) is 12.2. The molecule has 29 heavy (non-hydrogen) atoms. The number of benzene rings is 1. The molecule has 1 aliphatic heterocycles. The second kappa shape index (κ2) is 10.4. The van der Waals surface area contributed by atoms with Gasteiger partial charge in [0.2, 0.25) is 11.8 Å². The van der Waals surface area contributed by atoms with Gasteiger partial charge in [-0.3, -0.25) is 14.4 Å². The highest BCUT2D eigenvalue weighted by Crippen LogP contribution is 2.24. The molecule has 160 valence electrons. The van der Waals surface area contributed by atoms with Crippen molar-refractivity contribution in [2.75, 3.05) is 26.2 Å². The summed E-state index contributed by atoms with van der Waals surface area (Å²) < 4.78 is 0. The van der Waals surface area contributed by atoms with Gasteiger partial charge >= 0.3 is 0 Å². The second-order valence-corrected chi connectivity index (χ2v) is 8.15. The van der Waals surface area contributed by atoms with E-state index < -0.39 is 6.04 Å². The summed E-state index contributed by atoms with van der Waals surface area (Å²) in [5, 5.41) is 3.00. The van der Waals surface area contributed by atoms with Gasteiger partial charge in [0.15, 0.2) is 0 Å². The highest BCUT2D eigenvalue weighted by molar-refractivity contribution is 5.97. The molecular formula is C23H35N3O3. The van der Waals surface area contributed by atoms with E-state index in [0.717, 1.165) is 5.56 Å². The fourth-order valence-electron chi connectivity index (χ4n) is 3.86. The molecule has 0 saturated carbocycles. The van der Waals surface area contributed by atoms with Crippen molar-refractivity contribution in [1.29, 1.82) is 0 Å². The van der Waals surface area contributed by atoms with Crippen molar-refractivity contribution < 1.29 is 14.4 Å². The van der Waals surface area contributed by atoms with Crippen LogP contribution in [-0.4, -0.2) is 59.7 Å². The Hall–Kier alpha value is -2.37. The molecule has 1 aromatic rings. The van der Waals surface area contributed by atoms with Gasteiger partial charge < -0.3 is 15.1 Å². The number of amides is 3. The van der Waals surface area contributed by atoms with Crippen LogP contribution in [0.3, 0.4) is 0 Å². The number of hydrogen-bond donors (Lipinski definition) is 1. The van der Waals surface area contributed by atoms with Crippen molar-refractivity contribution >= 4 is 17.7 Å². The average Bonchev–Trinajstić information content (AvgIpc) is 2.72. The number of nitrogens with zero attached hydrogens (tertiary/aromatic N) is 2. The molecule has 1 aliphatic rings. The van der Waals surface area contributed by atoms with Gasteiger partial charge in [0.1, 0.15) is 6.04 Å². The van der Waals surface area contributed by atoms with Gasteiger partial charge in [-0.1, -0.05) is 31.5 Å². The molecule has 6 nitrogen and oxygen atoms in total. The Labute approximate surface area is 174 Å². The van der Waals surface area contributed by atoms with E-state index in [1.165, 1.54) is 0 Å². The lowest BCUT2D eigenvalue weighted by Gasteiger charge is -2.38. The van der Waals surface area contributed by atoms with Crippen LogP contribution in [0.25, 0.3) is 0 Å². The van der Waals surface area contributed by atoms with E-state index in [-0.39, 0.29) is 29.6 Å². The molecule has 0 aliphatic carbocycles. The maximum absolute atomic E-state index is 13.2. The van der Waals surface area contributed by atoms with Crippen molar-refractivity contribution in [1.82, 2.24) is 15.1 Å². The largest absolute Gasteiger partial charge is 0.342 e. The summed E-state index contributed by atoms with van der Waals surface area (Å²) in [6, 6.07) is 6.79. The van der Waals surface area contributed by atoms with Crippen LogP contribution in [-0.2, 0) is 9.59 Å². The lowest BCUT2D eigenvalue weighted by molar-refractivity contribution is -0.137. The molecule has 1 saturated heterocycles. The van der Waals surface area contributed by atoms with E-state index in [4.69, 9.17) is 0 Å². The zero-order valence-electron chi connectivity index (χ0n) is 18.4. The number of hydrogen-bond acceptors (Lipinski definition) is 3. The zero-order valence-corrected chi connectivity index (χ0v) is 18.4. The SMILES string of the molecule is CCN(CC)C(=O)[C@H](NC(=O)c1ccc(C)cc1)C1CCN(C(=O)C(C)C)CC1. The molecule has 6 heteroatoms. The van der Waals surface area contributed by atoms with Gasteiger partial charge in [-0.2, -0.15) is 0 Å². The number of likely N-dealkylation sites (N-methyl/N-ethyl adjacent to an activating group) is 1. The van der Waals surface area contributed by atoms with E-state index in [9.17, 15) is 14.4 Å². The van der Waals surface area contributed by atoms with Gasteiger partial charge in [-0.05, 0) is 51.7 Å². The monoisotopic (exact) mass is 401 g/mol. The molecule has 1 N–H and O–H groups in total. The van der Waals surface area contributed by atoms with Crippen LogP contribution in [0.5, 0.6) is 0 Å². The van der Waals surface area contributed by atoms with Crippen molar-refractivity contribution in [2.24, 2.45) is 11.8 Å². The van der Waals surface area contributed by atoms with Crippen molar-refractivity contribution in [2.45, 2.75) is 53.5 Å². The predicted molar refractivity (Wildman–Crippen MR) is 115 cm³/mol. The summed E-state index contributed by atoms with van der Waals surface area (Å²) in [5.74, 6) is -0.117. The van der Waals surface area contributed by atoms with Crippen molar-refractivity contribution in [3.05, 3.63) is 35.4 Å². The molecule has 1 fully saturated rings. The third-order valence-electron chi connectivity index (χ3n) is 5.76. The molecule has 1 atom stereocenters. The number of carbonyl (C=O) groups is 3. The second-order valence-electron chi connectivity index (χ2n) is 8.15. The van der Waals surface area contributed by atoms with E-state index in [1.807, 2.05) is 51.7 Å². The minimum absolute atomic E-state index is 0.0220. The van der Waals surface area contributed by atoms with E-state index in [2.05, 4.69) is 5.32 Å². The average molecular weight is 402 g/mol. The molecule has 1 aromatic carbocycles. The Morgan fingerprint density at radius 3 is 2.10 bits per heavy atom. The summed E-state index contributed by atoms with van der Waals surface area (Å²) in [7, 11) is 0. The van der Waals surface area contributed by atoms with Crippen LogP contribution in [0.1, 0.15) is 56.5 Å². The molecule has 3 amide bonds. The first-order valence-corrected chi connectivity index (χ1v) is 10.7. The Bertz CT molecular complexity index is 703. The number of nitrogens with one attached hydrogen (secondary N) is 1. The number of aryl methyl sites for hydroxylation is 1. The quantitative estimate of drug-likeness (QED) is 0.764. The van der Waals surface area contributed by atoms with Crippen molar-refractivity contribution in [3.63, 3.8) is 0 Å². The molecule has 2 rings (SSSR count). The minimum atomic E-state index is -0.569. The number of piperidine rings is 1. The van der Waals surface area contributed by atoms with Gasteiger partial charge in [0.25, 0.3) is 5.91 Å². The number of likely N-dealkylation sites (tertiary alicyclic amines) is 1. The van der Waals surface area contributed by atoms with E-state index >= 15 is 0 Å². The molecule has 0 radical (unpaired) electrons. The summed E-state index contributed by atoms with van der Waals surface area (Å²) >= 11 is 0. The smallest absolute Gasteiger partial charge is 0.251 e. The molecular weight excluding hydrogens is 366 g/mol. The molecule has 0 aromatic heterocycles. The highest BCUT2D eigenvalue weighted by Gasteiger charge is 2.35. The Kier molecular flexibility index (Phi) is 8.23. The maximum atomic E-state index is 13.2. The van der Waals surface area contributed by atoms with Crippen LogP contribution < -0.4 is 5.32 Å². The summed E-state index contributed by atoms with van der Waals surface area (Å²) in [6.07, 6.45) is 1.43. The summed E-state index contributed by atoms with van der Waals surface area (Å²) in [5.41, 5.74) is 1.64. The maximum Gasteiger partial charge on any atom is 0.251 e. The van der Waals surface area contributed by atoms with Gasteiger partial charge in [0, 0.05) is 37.7 Å². The van der Waals surface area contributed by atoms with Crippen LogP contribution in [0.4, 0.5) is 0 Å². The first-order valence-electron chi connectivity index (χ1n) is 10.7. The normalized spacial score (nSPS) is 15.9. The standard InChI is InChI=1S/C23H35N3O3/c1-6-25(7-2)23(29)20(24-21(27)19-10-8-17(5)9-11-19)18-12-14-26(15-13-18)22(28)16(3)4/h8-11,16,18,20H,6-7,12-15H2,1-5H3,(H,24,27)/t20-/m1/s1. The highest BCUT2D eigenvalue weighted by atomic mass is 16.2.